The second-order valence-electron chi connectivity index (χ2n) is 5.06. The number of para-hydroxylation sites is 1. The number of anilines is 1. The van der Waals surface area contributed by atoms with Crippen molar-refractivity contribution in [3.05, 3.63) is 30.3 Å². The molecule has 1 aliphatic heterocycles. The fourth-order valence-electron chi connectivity index (χ4n) is 2.45. The molecule has 120 valence electrons. The molecule has 1 N–H and O–H groups in total. The van der Waals surface area contributed by atoms with Crippen LogP contribution in [0.4, 0.5) is 10.5 Å². The van der Waals surface area contributed by atoms with Gasteiger partial charge >= 0.3 is 6.03 Å². The van der Waals surface area contributed by atoms with Gasteiger partial charge in [0, 0.05) is 43.5 Å². The normalized spacial score (nSPS) is 17.6. The zero-order valence-corrected chi connectivity index (χ0v) is 13.7. The summed E-state index contributed by atoms with van der Waals surface area (Å²) in [5.41, 5.74) is 0.850. The number of amides is 3. The third-order valence-electron chi connectivity index (χ3n) is 3.52. The van der Waals surface area contributed by atoms with E-state index in [0.29, 0.717) is 37.8 Å². The van der Waals surface area contributed by atoms with Crippen molar-refractivity contribution in [1.29, 1.82) is 0 Å². The summed E-state index contributed by atoms with van der Waals surface area (Å²) in [5.74, 6) is 0.714. The van der Waals surface area contributed by atoms with Crippen molar-refractivity contribution in [2.24, 2.45) is 0 Å². The quantitative estimate of drug-likeness (QED) is 0.805. The Morgan fingerprint density at radius 2 is 1.86 bits per heavy atom. The average molecular weight is 344 g/mol. The van der Waals surface area contributed by atoms with Gasteiger partial charge in [-0.3, -0.25) is 4.79 Å². The molecule has 1 fully saturated rings. The third kappa shape index (κ3) is 4.27. The lowest BCUT2D eigenvalue weighted by molar-refractivity contribution is -0.117. The van der Waals surface area contributed by atoms with E-state index in [1.807, 2.05) is 30.3 Å². The lowest BCUT2D eigenvalue weighted by atomic mass is 10.2. The van der Waals surface area contributed by atoms with Crippen LogP contribution in [0.2, 0.25) is 0 Å². The third-order valence-corrected chi connectivity index (χ3v) is 3.85. The molecule has 0 aromatic heterocycles. The fourth-order valence-corrected chi connectivity index (χ4v) is 2.85. The maximum atomic E-state index is 12.2. The molecule has 0 aliphatic carbocycles. The monoisotopic (exact) mass is 343 g/mol. The highest BCUT2D eigenvalue weighted by Crippen LogP contribution is 2.21. The molecule has 0 saturated carbocycles. The van der Waals surface area contributed by atoms with Crippen LogP contribution in [0.5, 0.6) is 0 Å². The van der Waals surface area contributed by atoms with E-state index in [2.05, 4.69) is 5.32 Å². The van der Waals surface area contributed by atoms with Gasteiger partial charge in [0.2, 0.25) is 5.91 Å². The minimum atomic E-state index is -0.228. The number of hydrogen-bond acceptors (Lipinski definition) is 2. The van der Waals surface area contributed by atoms with Gasteiger partial charge in [0.25, 0.3) is 0 Å². The zero-order chi connectivity index (χ0) is 15.9. The Hall–Kier alpha value is -1.46. The largest absolute Gasteiger partial charge is 0.333 e. The van der Waals surface area contributed by atoms with Crippen molar-refractivity contribution in [3.8, 4) is 0 Å². The summed E-state index contributed by atoms with van der Waals surface area (Å²) in [7, 11) is 0. The number of halogens is 2. The molecule has 1 aromatic rings. The van der Waals surface area contributed by atoms with Crippen LogP contribution in [0.25, 0.3) is 0 Å². The highest BCUT2D eigenvalue weighted by molar-refractivity contribution is 6.18. The average Bonchev–Trinajstić information content (AvgIpc) is 2.88. The first-order chi connectivity index (χ1) is 10.7. The molecular weight excluding hydrogens is 325 g/mol. The summed E-state index contributed by atoms with van der Waals surface area (Å²) in [4.78, 5) is 27.6. The Morgan fingerprint density at radius 3 is 2.45 bits per heavy atom. The fraction of sp³-hybridized carbons (Fsp3) is 0.467. The second kappa shape index (κ2) is 8.25. The van der Waals surface area contributed by atoms with Crippen molar-refractivity contribution < 1.29 is 9.59 Å². The molecule has 3 amide bonds. The Bertz CT molecular complexity index is 507. The van der Waals surface area contributed by atoms with Gasteiger partial charge in [-0.25, -0.2) is 4.79 Å². The number of nitrogens with one attached hydrogen (secondary N) is 1. The molecule has 5 nitrogen and oxygen atoms in total. The molecule has 0 radical (unpaired) electrons. The molecule has 1 aliphatic rings. The maximum Gasteiger partial charge on any atom is 0.317 e. The van der Waals surface area contributed by atoms with Gasteiger partial charge in [0.05, 0.1) is 6.04 Å². The van der Waals surface area contributed by atoms with Gasteiger partial charge in [0.1, 0.15) is 0 Å². The molecular formula is C15H19Cl2N3O2. The van der Waals surface area contributed by atoms with E-state index in [1.165, 1.54) is 0 Å². The number of alkyl halides is 2. The van der Waals surface area contributed by atoms with Crippen LogP contribution in [0.1, 0.15) is 6.42 Å². The Kier molecular flexibility index (Phi) is 6.34. The van der Waals surface area contributed by atoms with Crippen LogP contribution in [0.3, 0.4) is 0 Å². The van der Waals surface area contributed by atoms with Crippen LogP contribution in [-0.4, -0.2) is 54.3 Å². The number of carbonyl (C=O) groups excluding carboxylic acids is 2. The molecule has 0 spiro atoms. The summed E-state index contributed by atoms with van der Waals surface area (Å²) in [6.45, 7) is 1.34. The molecule has 1 unspecified atom stereocenters. The molecule has 7 heteroatoms. The molecule has 1 heterocycles. The number of carbonyl (C=O) groups is 2. The first-order valence-electron chi connectivity index (χ1n) is 7.18. The van der Waals surface area contributed by atoms with Gasteiger partial charge < -0.3 is 15.1 Å². The van der Waals surface area contributed by atoms with E-state index in [-0.39, 0.29) is 18.0 Å². The van der Waals surface area contributed by atoms with Gasteiger partial charge in [-0.2, -0.15) is 0 Å². The number of rotatable bonds is 6. The second-order valence-corrected chi connectivity index (χ2v) is 5.81. The Labute approximate surface area is 140 Å². The van der Waals surface area contributed by atoms with E-state index in [4.69, 9.17) is 23.2 Å². The van der Waals surface area contributed by atoms with Crippen molar-refractivity contribution >= 4 is 40.8 Å². The first-order valence-corrected chi connectivity index (χ1v) is 8.25. The molecule has 22 heavy (non-hydrogen) atoms. The number of hydrogen-bond donors (Lipinski definition) is 1. The summed E-state index contributed by atoms with van der Waals surface area (Å²) < 4.78 is 0. The molecule has 0 bridgehead atoms. The minimum absolute atomic E-state index is 0.0118. The summed E-state index contributed by atoms with van der Waals surface area (Å²) in [6.07, 6.45) is 0.302. The van der Waals surface area contributed by atoms with E-state index in [1.54, 1.807) is 9.80 Å². The van der Waals surface area contributed by atoms with Gasteiger partial charge in [-0.1, -0.05) is 18.2 Å². The van der Waals surface area contributed by atoms with Crippen LogP contribution < -0.4 is 10.2 Å². The molecule has 2 rings (SSSR count). The lowest BCUT2D eigenvalue weighted by Gasteiger charge is -2.23. The number of nitrogens with zero attached hydrogens (tertiary/aromatic N) is 2. The number of benzene rings is 1. The predicted octanol–water partition coefficient (Wildman–Crippen LogP) is 2.28. The van der Waals surface area contributed by atoms with Gasteiger partial charge in [-0.15, -0.1) is 23.2 Å². The molecule has 1 saturated heterocycles. The van der Waals surface area contributed by atoms with Crippen molar-refractivity contribution in [3.63, 3.8) is 0 Å². The Balaban J connectivity index is 1.94. The molecule has 1 aromatic carbocycles. The summed E-state index contributed by atoms with van der Waals surface area (Å²) >= 11 is 11.4. The van der Waals surface area contributed by atoms with E-state index >= 15 is 0 Å². The van der Waals surface area contributed by atoms with Crippen LogP contribution in [0.15, 0.2) is 30.3 Å². The van der Waals surface area contributed by atoms with Crippen LogP contribution in [0, 0.1) is 0 Å². The van der Waals surface area contributed by atoms with Crippen molar-refractivity contribution in [2.45, 2.75) is 12.5 Å². The lowest BCUT2D eigenvalue weighted by Crippen LogP contribution is -2.47. The minimum Gasteiger partial charge on any atom is -0.333 e. The first kappa shape index (κ1) is 16.9. The predicted molar refractivity (Wildman–Crippen MR) is 88.7 cm³/mol. The van der Waals surface area contributed by atoms with Gasteiger partial charge in [0.15, 0.2) is 0 Å². The van der Waals surface area contributed by atoms with Gasteiger partial charge in [-0.05, 0) is 12.1 Å². The van der Waals surface area contributed by atoms with Crippen molar-refractivity contribution in [2.75, 3.05) is 36.3 Å². The summed E-state index contributed by atoms with van der Waals surface area (Å²) in [5, 5.41) is 2.89. The van der Waals surface area contributed by atoms with Crippen molar-refractivity contribution in [1.82, 2.24) is 10.2 Å². The van der Waals surface area contributed by atoms with Crippen LogP contribution >= 0.6 is 23.2 Å². The highest BCUT2D eigenvalue weighted by atomic mass is 35.5. The zero-order valence-electron chi connectivity index (χ0n) is 12.2. The van der Waals surface area contributed by atoms with E-state index in [0.717, 1.165) is 5.69 Å². The number of urea groups is 1. The molecule has 1 atom stereocenters. The van der Waals surface area contributed by atoms with Crippen LogP contribution in [-0.2, 0) is 4.79 Å². The highest BCUT2D eigenvalue weighted by Gasteiger charge is 2.32. The topological polar surface area (TPSA) is 52.7 Å². The van der Waals surface area contributed by atoms with E-state index < -0.39 is 0 Å². The Morgan fingerprint density at radius 1 is 1.23 bits per heavy atom. The maximum absolute atomic E-state index is 12.2. The summed E-state index contributed by atoms with van der Waals surface area (Å²) in [6, 6.07) is 9.01. The SMILES string of the molecule is O=C(NC1CC(=O)N(c2ccccc2)C1)N(CCCl)CCCl. The van der Waals surface area contributed by atoms with E-state index in [9.17, 15) is 9.59 Å². The smallest absolute Gasteiger partial charge is 0.317 e. The standard InChI is InChI=1S/C15H19Cl2N3O2/c16-6-8-19(9-7-17)15(22)18-12-10-14(21)20(11-12)13-4-2-1-3-5-13/h1-5,12H,6-11H2,(H,18,22).